The predicted molar refractivity (Wildman–Crippen MR) is 47.8 cm³/mol. The number of ether oxygens (including phenoxy) is 1. The molecule has 0 bridgehead atoms. The van der Waals surface area contributed by atoms with Crippen LogP contribution in [0.5, 0.6) is 0 Å². The van der Waals surface area contributed by atoms with Crippen LogP contribution in [0.1, 0.15) is 13.8 Å². The van der Waals surface area contributed by atoms with Gasteiger partial charge in [-0.1, -0.05) is 13.8 Å². The van der Waals surface area contributed by atoms with E-state index in [1.807, 2.05) is 36.4 Å². The largest absolute Gasteiger partial charge is 0.454 e. The number of halogens is 1. The molecule has 0 aromatic rings. The van der Waals surface area contributed by atoms with Gasteiger partial charge >= 0.3 is 5.97 Å². The van der Waals surface area contributed by atoms with Crippen LogP contribution in [0.3, 0.4) is 0 Å². The van der Waals surface area contributed by atoms with Crippen LogP contribution in [0.25, 0.3) is 0 Å². The maximum Gasteiger partial charge on any atom is 0.323 e. The van der Waals surface area contributed by atoms with E-state index in [1.165, 1.54) is 0 Å². The summed E-state index contributed by atoms with van der Waals surface area (Å²) in [6.07, 6.45) is 0. The minimum atomic E-state index is -0.477. The molecule has 0 rings (SSSR count). The van der Waals surface area contributed by atoms with Crippen molar-refractivity contribution in [1.82, 2.24) is 0 Å². The zero-order valence-corrected chi connectivity index (χ0v) is 8.29. The van der Waals surface area contributed by atoms with Crippen molar-refractivity contribution in [2.45, 2.75) is 19.9 Å². The summed E-state index contributed by atoms with van der Waals surface area (Å²) in [6, 6.07) is -0.477. The van der Waals surface area contributed by atoms with Crippen LogP contribution in [0.4, 0.5) is 0 Å². The number of esters is 1. The first-order valence-electron chi connectivity index (χ1n) is 3.07. The molecule has 4 heteroatoms. The minimum Gasteiger partial charge on any atom is -0.454 e. The van der Waals surface area contributed by atoms with Crippen LogP contribution in [-0.2, 0) is 9.53 Å². The van der Waals surface area contributed by atoms with Gasteiger partial charge in [0, 0.05) is 0 Å². The van der Waals surface area contributed by atoms with Gasteiger partial charge in [0.2, 0.25) is 0 Å². The van der Waals surface area contributed by atoms with Crippen molar-refractivity contribution in [1.29, 1.82) is 0 Å². The smallest absolute Gasteiger partial charge is 0.323 e. The topological polar surface area (TPSA) is 52.3 Å². The molecule has 0 aromatic heterocycles. The first kappa shape index (κ1) is 10.2. The van der Waals surface area contributed by atoms with Crippen molar-refractivity contribution in [3.63, 3.8) is 0 Å². The third-order valence-electron chi connectivity index (χ3n) is 1.19. The van der Waals surface area contributed by atoms with Crippen molar-refractivity contribution >= 4 is 28.6 Å². The standard InChI is InChI=1S/C6H12INO2/c1-4(2)5(8)6(9)10-3-7/h4-5H,3,8H2,1-2H3/t5-/m0/s1. The Morgan fingerprint density at radius 3 is 2.50 bits per heavy atom. The van der Waals surface area contributed by atoms with Crippen LogP contribution < -0.4 is 5.73 Å². The quantitative estimate of drug-likeness (QED) is 0.464. The van der Waals surface area contributed by atoms with Gasteiger partial charge in [0.05, 0.1) is 0 Å². The fourth-order valence-corrected chi connectivity index (χ4v) is 0.729. The number of rotatable bonds is 3. The second-order valence-corrected chi connectivity index (χ2v) is 2.97. The van der Waals surface area contributed by atoms with Crippen LogP contribution in [0.2, 0.25) is 0 Å². The van der Waals surface area contributed by atoms with Crippen LogP contribution in [-0.4, -0.2) is 16.6 Å². The Kier molecular flexibility index (Phi) is 4.98. The van der Waals surface area contributed by atoms with Crippen molar-refractivity contribution in [2.24, 2.45) is 11.7 Å². The highest BCUT2D eigenvalue weighted by molar-refractivity contribution is 14.1. The molecule has 0 aromatic carbocycles. The third kappa shape index (κ3) is 3.36. The Hall–Kier alpha value is 0.160. The maximum absolute atomic E-state index is 10.8. The molecule has 0 saturated carbocycles. The Morgan fingerprint density at radius 2 is 2.20 bits per heavy atom. The Morgan fingerprint density at radius 1 is 1.70 bits per heavy atom. The summed E-state index contributed by atoms with van der Waals surface area (Å²) in [4.78, 5) is 10.8. The predicted octanol–water partition coefficient (Wildman–Crippen LogP) is 0.905. The Balaban J connectivity index is 3.71. The van der Waals surface area contributed by atoms with Gasteiger partial charge in [0.1, 0.15) is 10.7 Å². The van der Waals surface area contributed by atoms with Gasteiger partial charge in [-0.05, 0) is 28.5 Å². The maximum atomic E-state index is 10.8. The molecule has 0 saturated heterocycles. The molecule has 0 amide bonds. The molecule has 0 aliphatic rings. The molecular formula is C6H12INO2. The molecule has 0 radical (unpaired) electrons. The molecule has 0 aliphatic heterocycles. The van der Waals surface area contributed by atoms with E-state index in [0.717, 1.165) is 0 Å². The van der Waals surface area contributed by atoms with Gasteiger partial charge in [-0.25, -0.2) is 0 Å². The van der Waals surface area contributed by atoms with E-state index >= 15 is 0 Å². The number of carbonyl (C=O) groups excluding carboxylic acids is 1. The first-order valence-corrected chi connectivity index (χ1v) is 4.60. The third-order valence-corrected chi connectivity index (χ3v) is 1.50. The molecule has 10 heavy (non-hydrogen) atoms. The highest BCUT2D eigenvalue weighted by atomic mass is 127. The van der Waals surface area contributed by atoms with Crippen molar-refractivity contribution in [2.75, 3.05) is 4.61 Å². The molecule has 0 heterocycles. The average Bonchev–Trinajstić information content (AvgIpc) is 1.87. The number of hydrogen-bond donors (Lipinski definition) is 1. The van der Waals surface area contributed by atoms with Crippen molar-refractivity contribution < 1.29 is 9.53 Å². The summed E-state index contributed by atoms with van der Waals surface area (Å²) >= 11 is 1.96. The van der Waals surface area contributed by atoms with Crippen LogP contribution in [0.15, 0.2) is 0 Å². The van der Waals surface area contributed by atoms with E-state index in [9.17, 15) is 4.79 Å². The average molecular weight is 257 g/mol. The fourth-order valence-electron chi connectivity index (χ4n) is 0.422. The van der Waals surface area contributed by atoms with Gasteiger partial charge in [-0.15, -0.1) is 0 Å². The fraction of sp³-hybridized carbons (Fsp3) is 0.833. The molecule has 3 nitrogen and oxygen atoms in total. The number of nitrogens with two attached hydrogens (primary N) is 1. The number of carbonyl (C=O) groups is 1. The highest BCUT2D eigenvalue weighted by Gasteiger charge is 2.17. The summed E-state index contributed by atoms with van der Waals surface area (Å²) in [5, 5.41) is 0. The Labute approximate surface area is 74.4 Å². The van der Waals surface area contributed by atoms with E-state index in [2.05, 4.69) is 4.74 Å². The van der Waals surface area contributed by atoms with Crippen molar-refractivity contribution in [3.05, 3.63) is 0 Å². The normalized spacial score (nSPS) is 13.3. The lowest BCUT2D eigenvalue weighted by Crippen LogP contribution is -2.36. The molecule has 0 unspecified atom stereocenters. The first-order chi connectivity index (χ1) is 4.59. The summed E-state index contributed by atoms with van der Waals surface area (Å²) in [5.74, 6) is -0.167. The lowest BCUT2D eigenvalue weighted by Gasteiger charge is -2.12. The van der Waals surface area contributed by atoms with E-state index in [-0.39, 0.29) is 11.9 Å². The van der Waals surface area contributed by atoms with Gasteiger partial charge in [-0.3, -0.25) is 4.79 Å². The zero-order chi connectivity index (χ0) is 8.15. The van der Waals surface area contributed by atoms with Crippen LogP contribution in [0, 0.1) is 5.92 Å². The van der Waals surface area contributed by atoms with Gasteiger partial charge in [0.15, 0.2) is 0 Å². The van der Waals surface area contributed by atoms with E-state index in [1.54, 1.807) is 0 Å². The highest BCUT2D eigenvalue weighted by Crippen LogP contribution is 2.00. The van der Waals surface area contributed by atoms with E-state index < -0.39 is 6.04 Å². The zero-order valence-electron chi connectivity index (χ0n) is 6.13. The lowest BCUT2D eigenvalue weighted by atomic mass is 10.1. The molecule has 0 spiro atoms. The minimum absolute atomic E-state index is 0.149. The van der Waals surface area contributed by atoms with Crippen molar-refractivity contribution in [3.8, 4) is 0 Å². The molecule has 2 N–H and O–H groups in total. The number of hydrogen-bond acceptors (Lipinski definition) is 3. The summed E-state index contributed by atoms with van der Waals surface area (Å²) < 4.78 is 5.06. The van der Waals surface area contributed by atoms with E-state index in [4.69, 9.17) is 5.73 Å². The molecule has 0 aliphatic carbocycles. The number of alkyl halides is 1. The molecule has 1 atom stereocenters. The SMILES string of the molecule is CC(C)[C@H](N)C(=O)OCI. The van der Waals surface area contributed by atoms with Gasteiger partial charge in [0.25, 0.3) is 0 Å². The summed E-state index contributed by atoms with van der Waals surface area (Å²) in [5.41, 5.74) is 5.47. The monoisotopic (exact) mass is 257 g/mol. The molecular weight excluding hydrogens is 245 g/mol. The lowest BCUT2D eigenvalue weighted by molar-refractivity contribution is -0.143. The second kappa shape index (κ2) is 4.90. The second-order valence-electron chi connectivity index (χ2n) is 2.34. The van der Waals surface area contributed by atoms with E-state index in [0.29, 0.717) is 4.61 Å². The molecule has 60 valence electrons. The van der Waals surface area contributed by atoms with Gasteiger partial charge in [-0.2, -0.15) is 0 Å². The van der Waals surface area contributed by atoms with Crippen LogP contribution >= 0.6 is 22.6 Å². The molecule has 0 fully saturated rings. The van der Waals surface area contributed by atoms with Gasteiger partial charge < -0.3 is 10.5 Å². The Bertz CT molecular complexity index is 116. The summed E-state index contributed by atoms with van der Waals surface area (Å²) in [6.45, 7) is 3.78. The summed E-state index contributed by atoms with van der Waals surface area (Å²) in [7, 11) is 0.